The number of aromatic nitrogens is 4. The lowest BCUT2D eigenvalue weighted by atomic mass is 10.0. The van der Waals surface area contributed by atoms with Crippen LogP contribution in [0.15, 0.2) is 36.7 Å². The molecule has 1 atom stereocenters. The van der Waals surface area contributed by atoms with Crippen molar-refractivity contribution in [2.45, 2.75) is 25.4 Å². The third kappa shape index (κ3) is 2.81. The second-order valence-electron chi connectivity index (χ2n) is 7.67. The summed E-state index contributed by atoms with van der Waals surface area (Å²) >= 11 is 0. The zero-order chi connectivity index (χ0) is 21.0. The Bertz CT molecular complexity index is 1210. The zero-order valence-corrected chi connectivity index (χ0v) is 16.6. The van der Waals surface area contributed by atoms with Crippen molar-refractivity contribution >= 4 is 17.7 Å². The number of nitrogens with zero attached hydrogens (tertiary/aromatic N) is 5. The van der Waals surface area contributed by atoms with E-state index in [2.05, 4.69) is 10.4 Å². The van der Waals surface area contributed by atoms with Crippen molar-refractivity contribution in [3.05, 3.63) is 47.8 Å². The molecule has 2 aliphatic rings. The maximum Gasteiger partial charge on any atom is 0.255 e. The number of hydrogen-bond acceptors (Lipinski definition) is 5. The van der Waals surface area contributed by atoms with Crippen LogP contribution in [0.25, 0.3) is 22.8 Å². The summed E-state index contributed by atoms with van der Waals surface area (Å²) in [6.07, 6.45) is 4.27. The summed E-state index contributed by atoms with van der Waals surface area (Å²) in [7, 11) is 3.80. The van der Waals surface area contributed by atoms with Gasteiger partial charge in [-0.3, -0.25) is 24.4 Å². The Morgan fingerprint density at radius 3 is 2.70 bits per heavy atom. The Balaban J connectivity index is 1.45. The predicted octanol–water partition coefficient (Wildman–Crippen LogP) is 1.25. The molecule has 2 aromatic heterocycles. The summed E-state index contributed by atoms with van der Waals surface area (Å²) in [4.78, 5) is 42.8. The van der Waals surface area contributed by atoms with Gasteiger partial charge in [-0.25, -0.2) is 4.98 Å². The number of piperidine rings is 1. The highest BCUT2D eigenvalue weighted by Gasteiger charge is 2.39. The molecule has 30 heavy (non-hydrogen) atoms. The van der Waals surface area contributed by atoms with E-state index in [4.69, 9.17) is 4.98 Å². The number of benzene rings is 1. The van der Waals surface area contributed by atoms with Crippen molar-refractivity contribution in [1.29, 1.82) is 0 Å². The van der Waals surface area contributed by atoms with Gasteiger partial charge in [0.2, 0.25) is 11.8 Å². The fourth-order valence-corrected chi connectivity index (χ4v) is 4.17. The second kappa shape index (κ2) is 6.65. The van der Waals surface area contributed by atoms with Crippen molar-refractivity contribution in [2.24, 2.45) is 14.1 Å². The minimum Gasteiger partial charge on any atom is -0.332 e. The first kappa shape index (κ1) is 18.3. The topological polar surface area (TPSA) is 102 Å². The first-order valence-electron chi connectivity index (χ1n) is 9.72. The van der Waals surface area contributed by atoms with Gasteiger partial charge in [0.25, 0.3) is 5.91 Å². The number of carbonyl (C=O) groups is 3. The number of rotatable bonds is 3. The monoisotopic (exact) mass is 404 g/mol. The Hall–Kier alpha value is -3.75. The second-order valence-corrected chi connectivity index (χ2v) is 7.67. The van der Waals surface area contributed by atoms with Crippen molar-refractivity contribution < 1.29 is 14.4 Å². The molecule has 1 aromatic carbocycles. The van der Waals surface area contributed by atoms with E-state index in [1.54, 1.807) is 21.8 Å². The van der Waals surface area contributed by atoms with Crippen molar-refractivity contribution in [2.75, 3.05) is 0 Å². The van der Waals surface area contributed by atoms with Gasteiger partial charge < -0.3 is 9.47 Å². The maximum absolute atomic E-state index is 12.9. The number of hydrogen-bond donors (Lipinski definition) is 1. The Morgan fingerprint density at radius 1 is 1.13 bits per heavy atom. The molecular weight excluding hydrogens is 384 g/mol. The normalized spacial score (nSPS) is 18.7. The van der Waals surface area contributed by atoms with Crippen LogP contribution in [0.2, 0.25) is 0 Å². The van der Waals surface area contributed by atoms with Crippen LogP contribution in [0.4, 0.5) is 0 Å². The lowest BCUT2D eigenvalue weighted by Crippen LogP contribution is -2.52. The van der Waals surface area contributed by atoms with E-state index in [0.29, 0.717) is 18.5 Å². The van der Waals surface area contributed by atoms with Gasteiger partial charge in [0, 0.05) is 50.6 Å². The average Bonchev–Trinajstić information content (AvgIpc) is 3.39. The van der Waals surface area contributed by atoms with Gasteiger partial charge in [-0.2, -0.15) is 5.10 Å². The highest BCUT2D eigenvalue weighted by Crippen LogP contribution is 2.31. The molecule has 4 heterocycles. The first-order chi connectivity index (χ1) is 14.4. The minimum absolute atomic E-state index is 0.178. The maximum atomic E-state index is 12.9. The number of carbonyl (C=O) groups excluding carboxylic acids is 3. The number of imide groups is 1. The van der Waals surface area contributed by atoms with Gasteiger partial charge in [-0.05, 0) is 30.2 Å². The largest absolute Gasteiger partial charge is 0.332 e. The van der Waals surface area contributed by atoms with Gasteiger partial charge in [0.15, 0.2) is 5.82 Å². The van der Waals surface area contributed by atoms with Crippen LogP contribution in [-0.4, -0.2) is 48.0 Å². The molecule has 1 saturated heterocycles. The van der Waals surface area contributed by atoms with Gasteiger partial charge in [0.05, 0.1) is 5.69 Å². The summed E-state index contributed by atoms with van der Waals surface area (Å²) in [6, 6.07) is 6.91. The van der Waals surface area contributed by atoms with Gasteiger partial charge in [-0.1, -0.05) is 6.07 Å². The summed E-state index contributed by atoms with van der Waals surface area (Å²) in [5.74, 6) is -0.0744. The van der Waals surface area contributed by atoms with Crippen LogP contribution >= 0.6 is 0 Å². The SMILES string of the molecule is Cn1cc(-c2ccc3c(c2)CN(C2CCC(=O)NC2=O)C3=O)nc1-c1ccnn1C. The Labute approximate surface area is 172 Å². The molecule has 1 fully saturated rings. The molecule has 1 unspecified atom stereocenters. The lowest BCUT2D eigenvalue weighted by Gasteiger charge is -2.29. The minimum atomic E-state index is -0.614. The lowest BCUT2D eigenvalue weighted by molar-refractivity contribution is -0.136. The summed E-state index contributed by atoms with van der Waals surface area (Å²) in [5.41, 5.74) is 4.05. The average molecular weight is 404 g/mol. The highest BCUT2D eigenvalue weighted by atomic mass is 16.2. The number of amides is 3. The molecule has 0 radical (unpaired) electrons. The predicted molar refractivity (Wildman–Crippen MR) is 107 cm³/mol. The van der Waals surface area contributed by atoms with Crippen LogP contribution in [-0.2, 0) is 30.2 Å². The molecule has 1 N–H and O–H groups in total. The van der Waals surface area contributed by atoms with Crippen LogP contribution < -0.4 is 5.32 Å². The molecular formula is C21H20N6O3. The molecule has 0 saturated carbocycles. The fraction of sp³-hybridized carbons (Fsp3) is 0.286. The van der Waals surface area contributed by atoms with Gasteiger partial charge in [0.1, 0.15) is 11.7 Å². The molecule has 0 spiro atoms. The smallest absolute Gasteiger partial charge is 0.255 e. The van der Waals surface area contributed by atoms with Crippen LogP contribution in [0.5, 0.6) is 0 Å². The highest BCUT2D eigenvalue weighted by molar-refractivity contribution is 6.05. The summed E-state index contributed by atoms with van der Waals surface area (Å²) in [5, 5.41) is 6.53. The van der Waals surface area contributed by atoms with Crippen LogP contribution in [0.3, 0.4) is 0 Å². The van der Waals surface area contributed by atoms with E-state index in [9.17, 15) is 14.4 Å². The molecule has 9 nitrogen and oxygen atoms in total. The number of nitrogens with one attached hydrogen (secondary N) is 1. The standard InChI is InChI=1S/C21H20N6O3/c1-25-11-15(23-19(25)16-7-8-22-26(16)2)12-3-4-14-13(9-12)10-27(21(14)30)17-5-6-18(28)24-20(17)29/h3-4,7-9,11,17H,5-6,10H2,1-2H3,(H,24,28,29). The first-order valence-corrected chi connectivity index (χ1v) is 9.72. The fourth-order valence-electron chi connectivity index (χ4n) is 4.17. The molecule has 3 aromatic rings. The molecule has 3 amide bonds. The molecule has 5 rings (SSSR count). The molecule has 0 aliphatic carbocycles. The number of aryl methyl sites for hydroxylation is 2. The van der Waals surface area contributed by atoms with Crippen molar-refractivity contribution in [1.82, 2.24) is 29.5 Å². The van der Waals surface area contributed by atoms with E-state index in [1.807, 2.05) is 43.1 Å². The molecule has 152 valence electrons. The van der Waals surface area contributed by atoms with Crippen LogP contribution in [0, 0.1) is 0 Å². The van der Waals surface area contributed by atoms with Crippen LogP contribution in [0.1, 0.15) is 28.8 Å². The zero-order valence-electron chi connectivity index (χ0n) is 16.6. The van der Waals surface area contributed by atoms with E-state index >= 15 is 0 Å². The van der Waals surface area contributed by atoms with E-state index in [-0.39, 0.29) is 18.2 Å². The van der Waals surface area contributed by atoms with Gasteiger partial charge >= 0.3 is 0 Å². The Morgan fingerprint density at radius 2 is 1.97 bits per heavy atom. The molecule has 9 heteroatoms. The third-order valence-corrected chi connectivity index (χ3v) is 5.75. The molecule has 2 aliphatic heterocycles. The third-order valence-electron chi connectivity index (χ3n) is 5.75. The van der Waals surface area contributed by atoms with Gasteiger partial charge in [-0.15, -0.1) is 0 Å². The Kier molecular flexibility index (Phi) is 4.05. The summed E-state index contributed by atoms with van der Waals surface area (Å²) in [6.45, 7) is 0.343. The number of imidazole rings is 1. The summed E-state index contributed by atoms with van der Waals surface area (Å²) < 4.78 is 3.71. The van der Waals surface area contributed by atoms with E-state index in [1.165, 1.54) is 0 Å². The quantitative estimate of drug-likeness (QED) is 0.662. The van der Waals surface area contributed by atoms with E-state index in [0.717, 1.165) is 28.3 Å². The van der Waals surface area contributed by atoms with Crippen molar-refractivity contribution in [3.8, 4) is 22.8 Å². The molecule has 0 bridgehead atoms. The van der Waals surface area contributed by atoms with E-state index < -0.39 is 11.9 Å². The van der Waals surface area contributed by atoms with Crippen molar-refractivity contribution in [3.63, 3.8) is 0 Å². The number of fused-ring (bicyclic) bond motifs is 1.